The summed E-state index contributed by atoms with van der Waals surface area (Å²) in [5, 5.41) is 5.36. The van der Waals surface area contributed by atoms with E-state index in [1.165, 1.54) is 0 Å². The van der Waals surface area contributed by atoms with Crippen molar-refractivity contribution in [1.29, 1.82) is 0 Å². The second-order valence-electron chi connectivity index (χ2n) is 4.77. The highest BCUT2D eigenvalue weighted by molar-refractivity contribution is 6.34. The Morgan fingerprint density at radius 2 is 2.05 bits per heavy atom. The van der Waals surface area contributed by atoms with Gasteiger partial charge in [-0.25, -0.2) is 0 Å². The first kappa shape index (κ1) is 15.1. The maximum absolute atomic E-state index is 12.4. The summed E-state index contributed by atoms with van der Waals surface area (Å²) in [6, 6.07) is 5.42. The van der Waals surface area contributed by atoms with E-state index in [-0.39, 0.29) is 12.2 Å². The van der Waals surface area contributed by atoms with Crippen molar-refractivity contribution >= 4 is 29.0 Å². The highest BCUT2D eigenvalue weighted by Crippen LogP contribution is 2.24. The van der Waals surface area contributed by atoms with Crippen LogP contribution in [0, 0.1) is 6.92 Å². The first-order valence-corrected chi connectivity index (χ1v) is 7.19. The minimum atomic E-state index is -0.0532. The summed E-state index contributed by atoms with van der Waals surface area (Å²) in [4.78, 5) is 12.4. The molecule has 0 unspecified atom stereocenters. The number of halogens is 2. The average Bonchev–Trinajstić information content (AvgIpc) is 2.66. The van der Waals surface area contributed by atoms with E-state index >= 15 is 0 Å². The second kappa shape index (κ2) is 5.98. The molecule has 0 saturated carbocycles. The minimum absolute atomic E-state index is 0.0532. The molecule has 1 aromatic carbocycles. The van der Waals surface area contributed by atoms with Crippen LogP contribution in [0.25, 0.3) is 0 Å². The van der Waals surface area contributed by atoms with E-state index in [1.807, 2.05) is 19.9 Å². The lowest BCUT2D eigenvalue weighted by molar-refractivity contribution is 0.0991. The predicted molar refractivity (Wildman–Crippen MR) is 81.8 cm³/mol. The quantitative estimate of drug-likeness (QED) is 0.799. The maximum atomic E-state index is 12.4. The van der Waals surface area contributed by atoms with E-state index in [0.717, 1.165) is 23.4 Å². The number of aromatic nitrogens is 2. The molecule has 2 aromatic rings. The SMILES string of the molecule is CCc1nn(C)c(CC(=O)c2ccc(C)cc2Cl)c1Cl. The number of rotatable bonds is 4. The van der Waals surface area contributed by atoms with Crippen LogP contribution in [0.2, 0.25) is 10.0 Å². The van der Waals surface area contributed by atoms with E-state index in [9.17, 15) is 4.79 Å². The largest absolute Gasteiger partial charge is 0.294 e. The van der Waals surface area contributed by atoms with Gasteiger partial charge in [-0.3, -0.25) is 9.48 Å². The van der Waals surface area contributed by atoms with Crippen molar-refractivity contribution in [3.05, 3.63) is 50.8 Å². The monoisotopic (exact) mass is 310 g/mol. The number of Topliss-reactive ketones (excluding diaryl/α,β-unsaturated/α-hetero) is 1. The van der Waals surface area contributed by atoms with Crippen molar-refractivity contribution in [3.8, 4) is 0 Å². The molecule has 0 aliphatic heterocycles. The zero-order chi connectivity index (χ0) is 14.9. The van der Waals surface area contributed by atoms with Gasteiger partial charge < -0.3 is 0 Å². The predicted octanol–water partition coefficient (Wildman–Crippen LogP) is 4.02. The van der Waals surface area contributed by atoms with Crippen molar-refractivity contribution in [3.63, 3.8) is 0 Å². The molecule has 0 N–H and O–H groups in total. The lowest BCUT2D eigenvalue weighted by atomic mass is 10.0. The van der Waals surface area contributed by atoms with Crippen molar-refractivity contribution in [1.82, 2.24) is 9.78 Å². The fourth-order valence-corrected chi connectivity index (χ4v) is 2.81. The zero-order valence-corrected chi connectivity index (χ0v) is 13.2. The van der Waals surface area contributed by atoms with Crippen LogP contribution in [0.1, 0.15) is 34.2 Å². The van der Waals surface area contributed by atoms with E-state index in [0.29, 0.717) is 15.6 Å². The number of ketones is 1. The highest BCUT2D eigenvalue weighted by atomic mass is 35.5. The lowest BCUT2D eigenvalue weighted by Crippen LogP contribution is -2.09. The van der Waals surface area contributed by atoms with Crippen molar-refractivity contribution < 1.29 is 4.79 Å². The molecule has 0 radical (unpaired) electrons. The number of hydrogen-bond acceptors (Lipinski definition) is 2. The average molecular weight is 311 g/mol. The van der Waals surface area contributed by atoms with Gasteiger partial charge in [-0.15, -0.1) is 0 Å². The maximum Gasteiger partial charge on any atom is 0.170 e. The normalized spacial score (nSPS) is 10.8. The Bertz CT molecular complexity index is 662. The van der Waals surface area contributed by atoms with Crippen molar-refractivity contribution in [2.75, 3.05) is 0 Å². The number of hydrogen-bond donors (Lipinski definition) is 0. The molecular weight excluding hydrogens is 295 g/mol. The van der Waals surface area contributed by atoms with E-state index < -0.39 is 0 Å². The van der Waals surface area contributed by atoms with Crippen molar-refractivity contribution in [2.45, 2.75) is 26.7 Å². The van der Waals surface area contributed by atoms with Crippen LogP contribution in [0.15, 0.2) is 18.2 Å². The third kappa shape index (κ3) is 2.89. The molecule has 0 aliphatic carbocycles. The number of benzene rings is 1. The summed E-state index contributed by atoms with van der Waals surface area (Å²) < 4.78 is 1.67. The molecule has 0 amide bonds. The van der Waals surface area contributed by atoms with Gasteiger partial charge in [0.25, 0.3) is 0 Å². The van der Waals surface area contributed by atoms with Gasteiger partial charge in [0.05, 0.1) is 27.9 Å². The number of aryl methyl sites for hydroxylation is 3. The Morgan fingerprint density at radius 1 is 1.35 bits per heavy atom. The Kier molecular flexibility index (Phi) is 4.51. The zero-order valence-electron chi connectivity index (χ0n) is 11.7. The van der Waals surface area contributed by atoms with Gasteiger partial charge >= 0.3 is 0 Å². The van der Waals surface area contributed by atoms with Gasteiger partial charge in [-0.05, 0) is 31.0 Å². The topological polar surface area (TPSA) is 34.9 Å². The van der Waals surface area contributed by atoms with Gasteiger partial charge in [0.15, 0.2) is 5.78 Å². The summed E-state index contributed by atoms with van der Waals surface area (Å²) in [6.45, 7) is 3.92. The summed E-state index contributed by atoms with van der Waals surface area (Å²) in [5.74, 6) is -0.0532. The van der Waals surface area contributed by atoms with E-state index in [2.05, 4.69) is 5.10 Å². The third-order valence-corrected chi connectivity index (χ3v) is 4.00. The van der Waals surface area contributed by atoms with Gasteiger partial charge in [0, 0.05) is 12.6 Å². The van der Waals surface area contributed by atoms with Crippen LogP contribution >= 0.6 is 23.2 Å². The molecule has 0 atom stereocenters. The number of carbonyl (C=O) groups is 1. The second-order valence-corrected chi connectivity index (χ2v) is 5.55. The molecule has 0 aliphatic rings. The number of nitrogens with zero attached hydrogens (tertiary/aromatic N) is 2. The van der Waals surface area contributed by atoms with Crippen LogP contribution in [0.3, 0.4) is 0 Å². The van der Waals surface area contributed by atoms with Crippen LogP contribution in [-0.4, -0.2) is 15.6 Å². The summed E-state index contributed by atoms with van der Waals surface area (Å²) >= 11 is 12.4. The fourth-order valence-electron chi connectivity index (χ4n) is 2.11. The smallest absolute Gasteiger partial charge is 0.170 e. The van der Waals surface area contributed by atoms with Crippen LogP contribution < -0.4 is 0 Å². The molecule has 3 nitrogen and oxygen atoms in total. The summed E-state index contributed by atoms with van der Waals surface area (Å²) in [5.41, 5.74) is 3.09. The van der Waals surface area contributed by atoms with Crippen molar-refractivity contribution in [2.24, 2.45) is 7.05 Å². The first-order chi connectivity index (χ1) is 9.43. The molecule has 20 heavy (non-hydrogen) atoms. The molecule has 5 heteroatoms. The summed E-state index contributed by atoms with van der Waals surface area (Å²) in [6.07, 6.45) is 0.942. The number of carbonyl (C=O) groups excluding carboxylic acids is 1. The van der Waals surface area contributed by atoms with Crippen LogP contribution in [0.5, 0.6) is 0 Å². The molecule has 0 spiro atoms. The third-order valence-electron chi connectivity index (χ3n) is 3.26. The summed E-state index contributed by atoms with van der Waals surface area (Å²) in [7, 11) is 1.80. The fraction of sp³-hybridized carbons (Fsp3) is 0.333. The molecule has 106 valence electrons. The molecule has 0 bridgehead atoms. The molecule has 0 fully saturated rings. The lowest BCUT2D eigenvalue weighted by Gasteiger charge is -2.05. The molecule has 0 saturated heterocycles. The van der Waals surface area contributed by atoms with Crippen LogP contribution in [-0.2, 0) is 19.9 Å². The Hall–Kier alpha value is -1.32. The van der Waals surface area contributed by atoms with Gasteiger partial charge in [-0.2, -0.15) is 5.10 Å². The van der Waals surface area contributed by atoms with Gasteiger partial charge in [-0.1, -0.05) is 36.2 Å². The minimum Gasteiger partial charge on any atom is -0.294 e. The van der Waals surface area contributed by atoms with E-state index in [1.54, 1.807) is 23.9 Å². The molecule has 1 aromatic heterocycles. The molecule has 1 heterocycles. The van der Waals surface area contributed by atoms with E-state index in [4.69, 9.17) is 23.2 Å². The molecule has 2 rings (SSSR count). The highest BCUT2D eigenvalue weighted by Gasteiger charge is 2.18. The Morgan fingerprint density at radius 3 is 2.60 bits per heavy atom. The van der Waals surface area contributed by atoms with Crippen LogP contribution in [0.4, 0.5) is 0 Å². The Balaban J connectivity index is 2.30. The van der Waals surface area contributed by atoms with Gasteiger partial charge in [0.2, 0.25) is 0 Å². The Labute approximate surface area is 128 Å². The van der Waals surface area contributed by atoms with Gasteiger partial charge in [0.1, 0.15) is 0 Å². The molecular formula is C15H16Cl2N2O. The first-order valence-electron chi connectivity index (χ1n) is 6.43. The standard InChI is InChI=1S/C15H16Cl2N2O/c1-4-12-15(17)13(19(3)18-12)8-14(20)10-6-5-9(2)7-11(10)16/h5-7H,4,8H2,1-3H3.